The van der Waals surface area contributed by atoms with Crippen molar-refractivity contribution < 1.29 is 14.6 Å². The van der Waals surface area contributed by atoms with Crippen LogP contribution in [0.1, 0.15) is 32.6 Å². The first-order chi connectivity index (χ1) is 7.15. The standard InChI is InChI=1S/C12H14O3/c1-7-5-9-6-15-12(14)11(9)8(2)10(7)3-4-13/h5,13H,3-4,6H2,1-2H3. The van der Waals surface area contributed by atoms with Crippen LogP contribution >= 0.6 is 0 Å². The molecule has 1 aliphatic rings. The quantitative estimate of drug-likeness (QED) is 0.746. The van der Waals surface area contributed by atoms with E-state index >= 15 is 0 Å². The number of esters is 1. The number of aliphatic hydroxyl groups is 1. The summed E-state index contributed by atoms with van der Waals surface area (Å²) in [7, 11) is 0. The monoisotopic (exact) mass is 206 g/mol. The number of rotatable bonds is 2. The first-order valence-corrected chi connectivity index (χ1v) is 5.05. The fraction of sp³-hybridized carbons (Fsp3) is 0.417. The number of hydrogen-bond acceptors (Lipinski definition) is 3. The summed E-state index contributed by atoms with van der Waals surface area (Å²) in [4.78, 5) is 11.5. The molecule has 0 bridgehead atoms. The van der Waals surface area contributed by atoms with Crippen molar-refractivity contribution in [1.82, 2.24) is 0 Å². The van der Waals surface area contributed by atoms with Crippen molar-refractivity contribution in [1.29, 1.82) is 0 Å². The molecule has 1 heterocycles. The van der Waals surface area contributed by atoms with Gasteiger partial charge in [-0.05, 0) is 37.0 Å². The molecule has 0 saturated carbocycles. The summed E-state index contributed by atoms with van der Waals surface area (Å²) in [5.41, 5.74) is 4.82. The summed E-state index contributed by atoms with van der Waals surface area (Å²) in [6, 6.07) is 1.98. The Bertz CT molecular complexity index is 421. The van der Waals surface area contributed by atoms with Gasteiger partial charge in [0.2, 0.25) is 0 Å². The SMILES string of the molecule is Cc1cc2c(c(C)c1CCO)C(=O)OC2. The highest BCUT2D eigenvalue weighted by atomic mass is 16.5. The van der Waals surface area contributed by atoms with E-state index in [1.807, 2.05) is 19.9 Å². The minimum Gasteiger partial charge on any atom is -0.457 e. The van der Waals surface area contributed by atoms with E-state index in [4.69, 9.17) is 9.84 Å². The second-order valence-corrected chi connectivity index (χ2v) is 3.88. The predicted octanol–water partition coefficient (Wildman–Crippen LogP) is 1.51. The molecule has 0 aromatic heterocycles. The second-order valence-electron chi connectivity index (χ2n) is 3.88. The van der Waals surface area contributed by atoms with Crippen LogP contribution in [-0.2, 0) is 17.8 Å². The fourth-order valence-corrected chi connectivity index (χ4v) is 2.22. The number of hydrogen-bond donors (Lipinski definition) is 1. The molecule has 0 atom stereocenters. The van der Waals surface area contributed by atoms with Gasteiger partial charge in [-0.25, -0.2) is 4.79 Å². The molecule has 1 aliphatic heterocycles. The Morgan fingerprint density at radius 2 is 2.20 bits per heavy atom. The van der Waals surface area contributed by atoms with Gasteiger partial charge < -0.3 is 9.84 Å². The molecule has 0 unspecified atom stereocenters. The van der Waals surface area contributed by atoms with Crippen LogP contribution in [-0.4, -0.2) is 17.7 Å². The van der Waals surface area contributed by atoms with Crippen LogP contribution in [0, 0.1) is 13.8 Å². The molecular formula is C12H14O3. The van der Waals surface area contributed by atoms with E-state index < -0.39 is 0 Å². The fourth-order valence-electron chi connectivity index (χ4n) is 2.22. The molecule has 0 amide bonds. The highest BCUT2D eigenvalue weighted by Gasteiger charge is 2.25. The van der Waals surface area contributed by atoms with Gasteiger partial charge in [-0.2, -0.15) is 0 Å². The first kappa shape index (κ1) is 10.2. The minimum atomic E-state index is -0.235. The number of aryl methyl sites for hydroxylation is 1. The minimum absolute atomic E-state index is 0.107. The van der Waals surface area contributed by atoms with Gasteiger partial charge in [0.05, 0.1) is 5.56 Å². The van der Waals surface area contributed by atoms with Gasteiger partial charge in [-0.3, -0.25) is 0 Å². The van der Waals surface area contributed by atoms with Gasteiger partial charge in [0.25, 0.3) is 0 Å². The molecule has 1 N–H and O–H groups in total. The third-order valence-corrected chi connectivity index (χ3v) is 2.94. The van der Waals surface area contributed by atoms with Crippen LogP contribution in [0.3, 0.4) is 0 Å². The second kappa shape index (κ2) is 3.66. The van der Waals surface area contributed by atoms with Gasteiger partial charge in [0, 0.05) is 12.2 Å². The summed E-state index contributed by atoms with van der Waals surface area (Å²) in [5.74, 6) is -0.235. The zero-order valence-electron chi connectivity index (χ0n) is 8.96. The molecule has 1 aromatic carbocycles. The van der Waals surface area contributed by atoms with Crippen LogP contribution in [0.15, 0.2) is 6.07 Å². The van der Waals surface area contributed by atoms with Crippen LogP contribution in [0.2, 0.25) is 0 Å². The van der Waals surface area contributed by atoms with E-state index in [2.05, 4.69) is 0 Å². The zero-order chi connectivity index (χ0) is 11.0. The maximum atomic E-state index is 11.5. The number of benzene rings is 1. The lowest BCUT2D eigenvalue weighted by atomic mass is 9.92. The molecule has 1 aromatic rings. The van der Waals surface area contributed by atoms with Gasteiger partial charge in [-0.15, -0.1) is 0 Å². The van der Waals surface area contributed by atoms with Crippen molar-refractivity contribution in [3.8, 4) is 0 Å². The smallest absolute Gasteiger partial charge is 0.339 e. The highest BCUT2D eigenvalue weighted by molar-refractivity contribution is 5.95. The summed E-state index contributed by atoms with van der Waals surface area (Å²) in [6.45, 7) is 4.41. The normalized spacial score (nSPS) is 13.9. The third-order valence-electron chi connectivity index (χ3n) is 2.94. The Hall–Kier alpha value is -1.35. The molecule has 0 fully saturated rings. The Labute approximate surface area is 88.7 Å². The molecular weight excluding hydrogens is 192 g/mol. The average Bonchev–Trinajstić information content (AvgIpc) is 2.54. The molecule has 0 radical (unpaired) electrons. The van der Waals surface area contributed by atoms with Gasteiger partial charge in [-0.1, -0.05) is 6.07 Å². The summed E-state index contributed by atoms with van der Waals surface area (Å²) in [6.07, 6.45) is 0.595. The van der Waals surface area contributed by atoms with E-state index in [1.165, 1.54) is 0 Å². The van der Waals surface area contributed by atoms with Crippen LogP contribution in [0.4, 0.5) is 0 Å². The van der Waals surface area contributed by atoms with E-state index in [1.54, 1.807) is 0 Å². The molecule has 3 nitrogen and oxygen atoms in total. The predicted molar refractivity (Wildman–Crippen MR) is 55.8 cm³/mol. The molecule has 0 saturated heterocycles. The summed E-state index contributed by atoms with van der Waals surface area (Å²) in [5, 5.41) is 8.97. The lowest BCUT2D eigenvalue weighted by Crippen LogP contribution is -2.05. The van der Waals surface area contributed by atoms with Crippen molar-refractivity contribution >= 4 is 5.97 Å². The Morgan fingerprint density at radius 1 is 1.47 bits per heavy atom. The van der Waals surface area contributed by atoms with Gasteiger partial charge >= 0.3 is 5.97 Å². The van der Waals surface area contributed by atoms with Gasteiger partial charge in [0.15, 0.2) is 0 Å². The Kier molecular flexibility index (Phi) is 2.49. The number of ether oxygens (including phenoxy) is 1. The van der Waals surface area contributed by atoms with Crippen molar-refractivity contribution in [2.24, 2.45) is 0 Å². The molecule has 0 spiro atoms. The van der Waals surface area contributed by atoms with Crippen molar-refractivity contribution in [2.45, 2.75) is 26.9 Å². The van der Waals surface area contributed by atoms with Crippen molar-refractivity contribution in [3.05, 3.63) is 33.9 Å². The average molecular weight is 206 g/mol. The van der Waals surface area contributed by atoms with Crippen LogP contribution in [0.5, 0.6) is 0 Å². The number of aliphatic hydroxyl groups excluding tert-OH is 1. The summed E-state index contributed by atoms with van der Waals surface area (Å²) < 4.78 is 4.99. The van der Waals surface area contributed by atoms with Crippen molar-refractivity contribution in [2.75, 3.05) is 6.61 Å². The first-order valence-electron chi connectivity index (χ1n) is 5.05. The third kappa shape index (κ3) is 1.53. The molecule has 15 heavy (non-hydrogen) atoms. The molecule has 0 aliphatic carbocycles. The van der Waals surface area contributed by atoms with Crippen LogP contribution < -0.4 is 0 Å². The Morgan fingerprint density at radius 3 is 2.87 bits per heavy atom. The zero-order valence-corrected chi connectivity index (χ0v) is 8.96. The lowest BCUT2D eigenvalue weighted by Gasteiger charge is -2.11. The van der Waals surface area contributed by atoms with E-state index in [9.17, 15) is 4.79 Å². The van der Waals surface area contributed by atoms with Crippen LogP contribution in [0.25, 0.3) is 0 Å². The van der Waals surface area contributed by atoms with E-state index in [0.29, 0.717) is 18.6 Å². The maximum Gasteiger partial charge on any atom is 0.339 e. The molecule has 80 valence electrons. The van der Waals surface area contributed by atoms with Gasteiger partial charge in [0.1, 0.15) is 6.61 Å². The number of cyclic esters (lactones) is 1. The highest BCUT2D eigenvalue weighted by Crippen LogP contribution is 2.28. The Balaban J connectivity index is 2.59. The topological polar surface area (TPSA) is 46.5 Å². The number of carbonyl (C=O) groups excluding carboxylic acids is 1. The van der Waals surface area contributed by atoms with Crippen molar-refractivity contribution in [3.63, 3.8) is 0 Å². The summed E-state index contributed by atoms with van der Waals surface area (Å²) >= 11 is 0. The number of fused-ring (bicyclic) bond motifs is 1. The molecule has 2 rings (SSSR count). The number of carbonyl (C=O) groups is 1. The molecule has 3 heteroatoms. The van der Waals surface area contributed by atoms with E-state index in [-0.39, 0.29) is 12.6 Å². The van der Waals surface area contributed by atoms with E-state index in [0.717, 1.165) is 22.3 Å². The maximum absolute atomic E-state index is 11.5. The lowest BCUT2D eigenvalue weighted by molar-refractivity contribution is 0.0534. The largest absolute Gasteiger partial charge is 0.457 e.